The minimum atomic E-state index is -0.0551. The van der Waals surface area contributed by atoms with Gasteiger partial charge < -0.3 is 10.1 Å². The van der Waals surface area contributed by atoms with E-state index in [0.29, 0.717) is 13.2 Å². The Labute approximate surface area is 72.9 Å². The van der Waals surface area contributed by atoms with Crippen LogP contribution in [0.3, 0.4) is 0 Å². The van der Waals surface area contributed by atoms with Crippen LogP contribution in [0.5, 0.6) is 0 Å². The van der Waals surface area contributed by atoms with Crippen LogP contribution in [0.4, 0.5) is 0 Å². The number of hydrogen-bond acceptors (Lipinski definition) is 3. The van der Waals surface area contributed by atoms with E-state index in [1.807, 2.05) is 13.8 Å². The van der Waals surface area contributed by atoms with Crippen molar-refractivity contribution in [3.63, 3.8) is 0 Å². The number of thiol groups is 1. The van der Waals surface area contributed by atoms with Crippen LogP contribution in [0.15, 0.2) is 0 Å². The van der Waals surface area contributed by atoms with Crippen molar-refractivity contribution in [1.82, 2.24) is 5.32 Å². The molecule has 1 unspecified atom stereocenters. The summed E-state index contributed by atoms with van der Waals surface area (Å²) in [6, 6.07) is 0.0783. The zero-order valence-corrected chi connectivity index (χ0v) is 7.86. The topological polar surface area (TPSA) is 38.3 Å². The van der Waals surface area contributed by atoms with Crippen molar-refractivity contribution in [1.29, 1.82) is 0 Å². The van der Waals surface area contributed by atoms with Crippen LogP contribution in [0.2, 0.25) is 0 Å². The zero-order valence-electron chi connectivity index (χ0n) is 6.96. The predicted molar refractivity (Wildman–Crippen MR) is 48.0 cm³/mol. The number of carbonyl (C=O) groups is 1. The lowest BCUT2D eigenvalue weighted by molar-refractivity contribution is -0.119. The number of hydrogen-bond donors (Lipinski definition) is 2. The molecule has 1 N–H and O–H groups in total. The quantitative estimate of drug-likeness (QED) is 0.599. The lowest BCUT2D eigenvalue weighted by Crippen LogP contribution is -2.36. The molecule has 1 atom stereocenters. The molecular formula is C7H15NO2S. The molecule has 3 nitrogen and oxygen atoms in total. The van der Waals surface area contributed by atoms with E-state index < -0.39 is 0 Å². The third-order valence-electron chi connectivity index (χ3n) is 1.12. The lowest BCUT2D eigenvalue weighted by Gasteiger charge is -2.12. The molecule has 0 radical (unpaired) electrons. The van der Waals surface area contributed by atoms with Gasteiger partial charge in [-0.25, -0.2) is 0 Å². The molecular weight excluding hydrogens is 162 g/mol. The van der Waals surface area contributed by atoms with E-state index >= 15 is 0 Å². The molecule has 1 amide bonds. The third kappa shape index (κ3) is 6.19. The summed E-state index contributed by atoms with van der Waals surface area (Å²) < 4.78 is 5.10. The van der Waals surface area contributed by atoms with E-state index in [1.54, 1.807) is 0 Å². The van der Waals surface area contributed by atoms with Gasteiger partial charge in [0.2, 0.25) is 5.91 Å². The van der Waals surface area contributed by atoms with Crippen LogP contribution in [-0.2, 0) is 9.53 Å². The fourth-order valence-electron chi connectivity index (χ4n) is 0.657. The lowest BCUT2D eigenvalue weighted by atomic mass is 10.3. The van der Waals surface area contributed by atoms with Crippen molar-refractivity contribution < 1.29 is 9.53 Å². The van der Waals surface area contributed by atoms with Gasteiger partial charge in [0.25, 0.3) is 0 Å². The van der Waals surface area contributed by atoms with E-state index in [0.717, 1.165) is 0 Å². The molecule has 0 aliphatic heterocycles. The molecule has 66 valence electrons. The van der Waals surface area contributed by atoms with E-state index in [1.165, 1.54) is 0 Å². The SMILES string of the molecule is CCOCC(C)NC(=O)CS. The average Bonchev–Trinajstić information content (AvgIpc) is 2.00. The molecule has 0 aromatic rings. The Balaban J connectivity index is 3.35. The van der Waals surface area contributed by atoms with Crippen molar-refractivity contribution in [3.8, 4) is 0 Å². The van der Waals surface area contributed by atoms with Crippen molar-refractivity contribution in [3.05, 3.63) is 0 Å². The molecule has 0 bridgehead atoms. The molecule has 0 rings (SSSR count). The van der Waals surface area contributed by atoms with E-state index in [2.05, 4.69) is 17.9 Å². The van der Waals surface area contributed by atoms with E-state index in [9.17, 15) is 4.79 Å². The van der Waals surface area contributed by atoms with Gasteiger partial charge in [0.05, 0.1) is 12.4 Å². The fraction of sp³-hybridized carbons (Fsp3) is 0.857. The van der Waals surface area contributed by atoms with Gasteiger partial charge in [0, 0.05) is 12.6 Å². The van der Waals surface area contributed by atoms with Gasteiger partial charge in [-0.2, -0.15) is 12.6 Å². The second kappa shape index (κ2) is 6.49. The summed E-state index contributed by atoms with van der Waals surface area (Å²) >= 11 is 3.83. The first kappa shape index (κ1) is 10.8. The van der Waals surface area contributed by atoms with Crippen LogP contribution >= 0.6 is 12.6 Å². The van der Waals surface area contributed by atoms with Crippen LogP contribution in [0.25, 0.3) is 0 Å². The summed E-state index contributed by atoms with van der Waals surface area (Å²) in [7, 11) is 0. The van der Waals surface area contributed by atoms with Gasteiger partial charge in [-0.05, 0) is 13.8 Å². The Bertz CT molecular complexity index is 119. The summed E-state index contributed by atoms with van der Waals surface area (Å²) in [5.41, 5.74) is 0. The summed E-state index contributed by atoms with van der Waals surface area (Å²) in [6.07, 6.45) is 0. The minimum Gasteiger partial charge on any atom is -0.380 e. The molecule has 0 saturated carbocycles. The predicted octanol–water partition coefficient (Wildman–Crippen LogP) is 0.457. The molecule has 0 aliphatic carbocycles. The highest BCUT2D eigenvalue weighted by atomic mass is 32.1. The Morgan fingerprint density at radius 1 is 1.73 bits per heavy atom. The second-order valence-electron chi connectivity index (χ2n) is 2.29. The number of carbonyl (C=O) groups excluding carboxylic acids is 1. The summed E-state index contributed by atoms with van der Waals surface area (Å²) in [5, 5.41) is 2.72. The summed E-state index contributed by atoms with van der Waals surface area (Å²) in [4.78, 5) is 10.7. The van der Waals surface area contributed by atoms with Gasteiger partial charge in [-0.3, -0.25) is 4.79 Å². The molecule has 0 spiro atoms. The highest BCUT2D eigenvalue weighted by Crippen LogP contribution is 1.84. The van der Waals surface area contributed by atoms with Crippen molar-refractivity contribution >= 4 is 18.5 Å². The smallest absolute Gasteiger partial charge is 0.230 e. The number of amides is 1. The maximum atomic E-state index is 10.7. The Morgan fingerprint density at radius 3 is 2.82 bits per heavy atom. The van der Waals surface area contributed by atoms with Crippen molar-refractivity contribution in [2.75, 3.05) is 19.0 Å². The van der Waals surface area contributed by atoms with Crippen molar-refractivity contribution in [2.24, 2.45) is 0 Å². The molecule has 0 heterocycles. The van der Waals surface area contributed by atoms with Gasteiger partial charge in [-0.1, -0.05) is 0 Å². The normalized spacial score (nSPS) is 12.6. The number of rotatable bonds is 5. The highest BCUT2D eigenvalue weighted by molar-refractivity contribution is 7.81. The maximum absolute atomic E-state index is 10.7. The molecule has 11 heavy (non-hydrogen) atoms. The van der Waals surface area contributed by atoms with Crippen LogP contribution < -0.4 is 5.32 Å². The highest BCUT2D eigenvalue weighted by Gasteiger charge is 2.03. The number of ether oxygens (including phenoxy) is 1. The molecule has 0 fully saturated rings. The van der Waals surface area contributed by atoms with Crippen molar-refractivity contribution in [2.45, 2.75) is 19.9 Å². The fourth-order valence-corrected chi connectivity index (χ4v) is 0.748. The van der Waals surface area contributed by atoms with Gasteiger partial charge in [0.15, 0.2) is 0 Å². The van der Waals surface area contributed by atoms with Gasteiger partial charge >= 0.3 is 0 Å². The summed E-state index contributed by atoms with van der Waals surface area (Å²) in [6.45, 7) is 5.07. The first-order valence-electron chi connectivity index (χ1n) is 3.68. The standard InChI is InChI=1S/C7H15NO2S/c1-3-10-4-6(2)8-7(9)5-11/h6,11H,3-5H2,1-2H3,(H,8,9). The maximum Gasteiger partial charge on any atom is 0.230 e. The molecule has 0 saturated heterocycles. The van der Waals surface area contributed by atoms with E-state index in [4.69, 9.17) is 4.74 Å². The van der Waals surface area contributed by atoms with Gasteiger partial charge in [-0.15, -0.1) is 0 Å². The average molecular weight is 177 g/mol. The zero-order chi connectivity index (χ0) is 8.69. The molecule has 4 heteroatoms. The Hall–Kier alpha value is -0.220. The Morgan fingerprint density at radius 2 is 2.36 bits per heavy atom. The Kier molecular flexibility index (Phi) is 6.36. The van der Waals surface area contributed by atoms with Crippen LogP contribution in [-0.4, -0.2) is 30.9 Å². The number of nitrogens with one attached hydrogen (secondary N) is 1. The van der Waals surface area contributed by atoms with Gasteiger partial charge in [0.1, 0.15) is 0 Å². The third-order valence-corrected chi connectivity index (χ3v) is 1.41. The summed E-state index contributed by atoms with van der Waals surface area (Å²) in [5.74, 6) is 0.178. The van der Waals surface area contributed by atoms with Crippen LogP contribution in [0.1, 0.15) is 13.8 Å². The first-order chi connectivity index (χ1) is 5.20. The minimum absolute atomic E-state index is 0.0551. The largest absolute Gasteiger partial charge is 0.380 e. The molecule has 0 aliphatic rings. The molecule has 0 aromatic carbocycles. The second-order valence-corrected chi connectivity index (χ2v) is 2.60. The monoisotopic (exact) mass is 177 g/mol. The first-order valence-corrected chi connectivity index (χ1v) is 4.32. The molecule has 0 aromatic heterocycles. The van der Waals surface area contributed by atoms with E-state index in [-0.39, 0.29) is 17.7 Å². The van der Waals surface area contributed by atoms with Crippen LogP contribution in [0, 0.1) is 0 Å².